The summed E-state index contributed by atoms with van der Waals surface area (Å²) in [5.41, 5.74) is 1.34. The second-order valence-corrected chi connectivity index (χ2v) is 7.30. The van der Waals surface area contributed by atoms with Crippen LogP contribution in [-0.2, 0) is 9.63 Å². The molecule has 0 saturated carbocycles. The molecule has 1 atom stereocenters. The minimum Gasteiger partial charge on any atom is -0.424 e. The topological polar surface area (TPSA) is 85.7 Å². The minimum absolute atomic E-state index is 0.256. The van der Waals surface area contributed by atoms with Crippen molar-refractivity contribution in [2.75, 3.05) is 5.32 Å². The quantitative estimate of drug-likeness (QED) is 0.696. The van der Waals surface area contributed by atoms with Crippen LogP contribution < -0.4 is 10.1 Å². The van der Waals surface area contributed by atoms with Gasteiger partial charge in [-0.3, -0.25) is 4.79 Å². The number of hydrogen-bond acceptors (Lipinski definition) is 7. The van der Waals surface area contributed by atoms with Gasteiger partial charge in [0, 0.05) is 24.5 Å². The molecule has 1 N–H and O–H groups in total. The molecule has 3 aromatic rings. The van der Waals surface area contributed by atoms with Crippen molar-refractivity contribution < 1.29 is 14.4 Å². The third kappa shape index (κ3) is 4.24. The number of thiophene rings is 1. The van der Waals surface area contributed by atoms with E-state index in [9.17, 15) is 4.79 Å². The van der Waals surface area contributed by atoms with Crippen molar-refractivity contribution in [3.8, 4) is 11.8 Å². The Balaban J connectivity index is 1.33. The third-order valence-corrected chi connectivity index (χ3v) is 4.97. The lowest BCUT2D eigenvalue weighted by atomic mass is 10.1. The first-order valence-corrected chi connectivity index (χ1v) is 9.21. The molecule has 9 heteroatoms. The molecule has 2 aromatic heterocycles. The number of nitrogens with zero attached hydrogens (tertiary/aromatic N) is 3. The van der Waals surface area contributed by atoms with Gasteiger partial charge >= 0.3 is 6.01 Å². The van der Waals surface area contributed by atoms with Crippen molar-refractivity contribution in [1.82, 2.24) is 9.97 Å². The van der Waals surface area contributed by atoms with Crippen molar-refractivity contribution in [1.29, 1.82) is 0 Å². The van der Waals surface area contributed by atoms with Crippen molar-refractivity contribution in [3.05, 3.63) is 64.1 Å². The van der Waals surface area contributed by atoms with E-state index in [1.54, 1.807) is 48.8 Å². The summed E-state index contributed by atoms with van der Waals surface area (Å²) in [5, 5.41) is 6.80. The predicted molar refractivity (Wildman–Crippen MR) is 103 cm³/mol. The van der Waals surface area contributed by atoms with E-state index >= 15 is 0 Å². The summed E-state index contributed by atoms with van der Waals surface area (Å²) in [5.74, 6) is 0.299. The number of amides is 1. The Morgan fingerprint density at radius 3 is 2.67 bits per heavy atom. The van der Waals surface area contributed by atoms with Crippen LogP contribution >= 0.6 is 22.9 Å². The van der Waals surface area contributed by atoms with Gasteiger partial charge in [0.1, 0.15) is 11.5 Å². The number of anilines is 1. The molecular formula is C18H13ClN4O3S. The molecule has 1 unspecified atom stereocenters. The normalized spacial score (nSPS) is 15.7. The number of carbonyl (C=O) groups is 1. The molecule has 136 valence electrons. The fourth-order valence-corrected chi connectivity index (χ4v) is 3.44. The maximum Gasteiger partial charge on any atom is 0.321 e. The Hall–Kier alpha value is -2.97. The molecule has 1 aromatic carbocycles. The highest BCUT2D eigenvalue weighted by atomic mass is 35.5. The summed E-state index contributed by atoms with van der Waals surface area (Å²) in [6.45, 7) is 0. The van der Waals surface area contributed by atoms with Crippen LogP contribution in [-0.4, -0.2) is 27.7 Å². The highest BCUT2D eigenvalue weighted by molar-refractivity contribution is 7.18. The van der Waals surface area contributed by atoms with Crippen LogP contribution in [0.15, 0.2) is 60.0 Å². The molecule has 27 heavy (non-hydrogen) atoms. The standard InChI is InChI=1S/C18H13ClN4O3S/c19-16-7-6-15(27-16)13-10-14(26-23-13)17(24)22-11-2-4-12(5-3-11)25-18-20-8-1-9-21-18/h1-9,14H,10H2,(H,22,24). The molecule has 0 aliphatic carbocycles. The highest BCUT2D eigenvalue weighted by Crippen LogP contribution is 2.27. The Bertz CT molecular complexity index is 976. The zero-order valence-corrected chi connectivity index (χ0v) is 15.4. The van der Waals surface area contributed by atoms with Crippen LogP contribution in [0.1, 0.15) is 11.3 Å². The number of nitrogens with one attached hydrogen (secondary N) is 1. The number of ether oxygens (including phenoxy) is 1. The van der Waals surface area contributed by atoms with Crippen LogP contribution in [0.25, 0.3) is 0 Å². The smallest absolute Gasteiger partial charge is 0.321 e. The fraction of sp³-hybridized carbons (Fsp3) is 0.111. The average molecular weight is 401 g/mol. The first kappa shape index (κ1) is 17.4. The van der Waals surface area contributed by atoms with E-state index < -0.39 is 6.10 Å². The number of rotatable bonds is 5. The van der Waals surface area contributed by atoms with E-state index in [-0.39, 0.29) is 11.9 Å². The van der Waals surface area contributed by atoms with Crippen molar-refractivity contribution in [3.63, 3.8) is 0 Å². The van der Waals surface area contributed by atoms with Crippen molar-refractivity contribution in [2.45, 2.75) is 12.5 Å². The predicted octanol–water partition coefficient (Wildman–Crippen LogP) is 4.12. The molecular weight excluding hydrogens is 388 g/mol. The molecule has 0 bridgehead atoms. The molecule has 0 fully saturated rings. The lowest BCUT2D eigenvalue weighted by Gasteiger charge is -2.10. The number of oxime groups is 1. The second-order valence-electron chi connectivity index (χ2n) is 5.59. The lowest BCUT2D eigenvalue weighted by molar-refractivity contribution is -0.125. The molecule has 0 saturated heterocycles. The molecule has 0 spiro atoms. The SMILES string of the molecule is O=C(Nc1ccc(Oc2ncccn2)cc1)C1CC(c2ccc(Cl)s2)=NO1. The van der Waals surface area contributed by atoms with E-state index in [0.29, 0.717) is 22.2 Å². The number of benzene rings is 1. The van der Waals surface area contributed by atoms with Crippen LogP contribution in [0.2, 0.25) is 4.34 Å². The van der Waals surface area contributed by atoms with Gasteiger partial charge in [0.2, 0.25) is 6.10 Å². The highest BCUT2D eigenvalue weighted by Gasteiger charge is 2.29. The maximum atomic E-state index is 12.4. The van der Waals surface area contributed by atoms with Crippen LogP contribution in [0.3, 0.4) is 0 Å². The summed E-state index contributed by atoms with van der Waals surface area (Å²) in [6, 6.07) is 12.5. The third-order valence-electron chi connectivity index (χ3n) is 3.69. The monoisotopic (exact) mass is 400 g/mol. The molecule has 1 amide bonds. The molecule has 7 nitrogen and oxygen atoms in total. The van der Waals surface area contributed by atoms with Gasteiger partial charge in [-0.05, 0) is 42.5 Å². The fourth-order valence-electron chi connectivity index (χ4n) is 2.41. The van der Waals surface area contributed by atoms with Gasteiger partial charge in [-0.2, -0.15) is 0 Å². The summed E-state index contributed by atoms with van der Waals surface area (Å²) in [4.78, 5) is 26.5. The van der Waals surface area contributed by atoms with Gasteiger partial charge in [-0.1, -0.05) is 16.8 Å². The van der Waals surface area contributed by atoms with Crippen molar-refractivity contribution in [2.24, 2.45) is 5.16 Å². The Morgan fingerprint density at radius 2 is 1.96 bits per heavy atom. The zero-order valence-electron chi connectivity index (χ0n) is 13.8. The van der Waals surface area contributed by atoms with Gasteiger partial charge in [-0.15, -0.1) is 11.3 Å². The van der Waals surface area contributed by atoms with Gasteiger partial charge in [0.05, 0.1) is 9.21 Å². The summed E-state index contributed by atoms with van der Waals surface area (Å²) < 4.78 is 6.19. The van der Waals surface area contributed by atoms with Crippen LogP contribution in [0.5, 0.6) is 11.8 Å². The van der Waals surface area contributed by atoms with Gasteiger partial charge < -0.3 is 14.9 Å². The zero-order chi connectivity index (χ0) is 18.6. The van der Waals surface area contributed by atoms with E-state index in [4.69, 9.17) is 21.2 Å². The largest absolute Gasteiger partial charge is 0.424 e. The van der Waals surface area contributed by atoms with Crippen LogP contribution in [0, 0.1) is 0 Å². The molecule has 0 radical (unpaired) electrons. The van der Waals surface area contributed by atoms with E-state index in [2.05, 4.69) is 20.4 Å². The van der Waals surface area contributed by atoms with Gasteiger partial charge in [0.15, 0.2) is 0 Å². The lowest BCUT2D eigenvalue weighted by Crippen LogP contribution is -2.27. The molecule has 4 rings (SSSR count). The number of hydrogen-bond donors (Lipinski definition) is 1. The average Bonchev–Trinajstić information content (AvgIpc) is 3.33. The first-order chi connectivity index (χ1) is 13.2. The Kier molecular flexibility index (Phi) is 4.99. The molecule has 1 aliphatic rings. The van der Waals surface area contributed by atoms with Crippen LogP contribution in [0.4, 0.5) is 5.69 Å². The first-order valence-electron chi connectivity index (χ1n) is 8.01. The van der Waals surface area contributed by atoms with E-state index in [1.165, 1.54) is 11.3 Å². The van der Waals surface area contributed by atoms with E-state index in [0.717, 1.165) is 10.6 Å². The van der Waals surface area contributed by atoms with Gasteiger partial charge in [0.25, 0.3) is 5.91 Å². The van der Waals surface area contributed by atoms with Gasteiger partial charge in [-0.25, -0.2) is 9.97 Å². The summed E-state index contributed by atoms with van der Waals surface area (Å²) in [7, 11) is 0. The summed E-state index contributed by atoms with van der Waals surface area (Å²) in [6.07, 6.45) is 2.92. The summed E-state index contributed by atoms with van der Waals surface area (Å²) >= 11 is 7.34. The number of aromatic nitrogens is 2. The second kappa shape index (κ2) is 7.73. The molecule has 1 aliphatic heterocycles. The number of carbonyl (C=O) groups excluding carboxylic acids is 1. The molecule has 3 heterocycles. The Labute approximate surface area is 163 Å². The van der Waals surface area contributed by atoms with Crippen molar-refractivity contribution >= 4 is 40.2 Å². The minimum atomic E-state index is -0.672. The number of halogens is 1. The maximum absolute atomic E-state index is 12.4. The van der Waals surface area contributed by atoms with E-state index in [1.807, 2.05) is 6.07 Å². The Morgan fingerprint density at radius 1 is 1.19 bits per heavy atom.